The minimum Gasteiger partial charge on any atom is -0.496 e. The summed E-state index contributed by atoms with van der Waals surface area (Å²) in [4.78, 5) is 0. The van der Waals surface area contributed by atoms with Crippen LogP contribution >= 0.6 is 0 Å². The molecule has 0 saturated carbocycles. The second-order valence-electron chi connectivity index (χ2n) is 5.19. The lowest BCUT2D eigenvalue weighted by Crippen LogP contribution is -2.22. The van der Waals surface area contributed by atoms with Crippen LogP contribution in [0.3, 0.4) is 0 Å². The second-order valence-corrected chi connectivity index (χ2v) is 5.19. The molecular formula is C16H23N3O. The van der Waals surface area contributed by atoms with E-state index in [-0.39, 0.29) is 6.04 Å². The van der Waals surface area contributed by atoms with Crippen molar-refractivity contribution in [2.45, 2.75) is 26.3 Å². The molecule has 0 aliphatic rings. The van der Waals surface area contributed by atoms with Gasteiger partial charge in [0.2, 0.25) is 0 Å². The number of nitrogens with one attached hydrogen (secondary N) is 1. The van der Waals surface area contributed by atoms with Crippen molar-refractivity contribution in [1.29, 1.82) is 0 Å². The zero-order valence-corrected chi connectivity index (χ0v) is 12.9. The largest absolute Gasteiger partial charge is 0.496 e. The van der Waals surface area contributed by atoms with Crippen molar-refractivity contribution in [3.05, 3.63) is 46.8 Å². The normalized spacial score (nSPS) is 12.4. The van der Waals surface area contributed by atoms with Crippen LogP contribution in [0.25, 0.3) is 0 Å². The fraction of sp³-hybridized carbons (Fsp3) is 0.438. The number of methoxy groups -OCH3 is 1. The van der Waals surface area contributed by atoms with E-state index in [9.17, 15) is 0 Å². The number of nitrogens with zero attached hydrogens (tertiary/aromatic N) is 2. The van der Waals surface area contributed by atoms with Crippen LogP contribution in [-0.4, -0.2) is 23.9 Å². The van der Waals surface area contributed by atoms with Gasteiger partial charge in [-0.05, 0) is 45.0 Å². The molecule has 2 rings (SSSR count). The van der Waals surface area contributed by atoms with Crippen LogP contribution < -0.4 is 10.1 Å². The first-order valence-corrected chi connectivity index (χ1v) is 6.86. The molecule has 0 amide bonds. The molecule has 1 heterocycles. The Bertz CT molecular complexity index is 589. The van der Waals surface area contributed by atoms with E-state index >= 15 is 0 Å². The second kappa shape index (κ2) is 6.09. The van der Waals surface area contributed by atoms with E-state index in [1.54, 1.807) is 7.11 Å². The molecule has 0 aliphatic carbocycles. The fourth-order valence-electron chi connectivity index (χ4n) is 2.60. The summed E-state index contributed by atoms with van der Waals surface area (Å²) in [6, 6.07) is 8.64. The summed E-state index contributed by atoms with van der Waals surface area (Å²) < 4.78 is 7.41. The molecule has 0 bridgehead atoms. The van der Waals surface area contributed by atoms with Crippen LogP contribution in [-0.2, 0) is 13.5 Å². The van der Waals surface area contributed by atoms with Crippen molar-refractivity contribution >= 4 is 0 Å². The lowest BCUT2D eigenvalue weighted by molar-refractivity contribution is 0.405. The number of benzene rings is 1. The number of likely N-dealkylation sites (N-methyl/N-ethyl adjacent to an activating group) is 1. The first kappa shape index (κ1) is 14.6. The maximum atomic E-state index is 5.47. The van der Waals surface area contributed by atoms with E-state index in [2.05, 4.69) is 35.5 Å². The van der Waals surface area contributed by atoms with Crippen molar-refractivity contribution in [2.24, 2.45) is 7.05 Å². The van der Waals surface area contributed by atoms with Gasteiger partial charge in [0.25, 0.3) is 0 Å². The fourth-order valence-corrected chi connectivity index (χ4v) is 2.60. The lowest BCUT2D eigenvalue weighted by atomic mass is 10.0. The third-order valence-electron chi connectivity index (χ3n) is 3.60. The minimum atomic E-state index is 0.219. The molecule has 1 aromatic heterocycles. The molecular weight excluding hydrogens is 250 g/mol. The quantitative estimate of drug-likeness (QED) is 0.910. The number of aryl methyl sites for hydroxylation is 3. The van der Waals surface area contributed by atoms with Gasteiger partial charge in [-0.25, -0.2) is 0 Å². The van der Waals surface area contributed by atoms with E-state index in [4.69, 9.17) is 4.74 Å². The van der Waals surface area contributed by atoms with Crippen molar-refractivity contribution < 1.29 is 4.74 Å². The Morgan fingerprint density at radius 1 is 1.30 bits per heavy atom. The third-order valence-corrected chi connectivity index (χ3v) is 3.60. The van der Waals surface area contributed by atoms with Gasteiger partial charge in [-0.1, -0.05) is 17.7 Å². The highest BCUT2D eigenvalue weighted by Gasteiger charge is 2.17. The summed E-state index contributed by atoms with van der Waals surface area (Å²) in [6.45, 7) is 4.12. The predicted molar refractivity (Wildman–Crippen MR) is 81.2 cm³/mol. The zero-order chi connectivity index (χ0) is 14.7. The number of rotatable bonds is 5. The first-order chi connectivity index (χ1) is 9.55. The number of hydrogen-bond acceptors (Lipinski definition) is 3. The van der Waals surface area contributed by atoms with Gasteiger partial charge in [-0.15, -0.1) is 0 Å². The van der Waals surface area contributed by atoms with E-state index in [1.807, 2.05) is 31.8 Å². The van der Waals surface area contributed by atoms with Crippen molar-refractivity contribution in [3.63, 3.8) is 0 Å². The molecule has 1 unspecified atom stereocenters. The standard InChI is InChI=1S/C16H23N3O/c1-11-6-7-16(20-5)13(8-11)10-14(17-3)15-9-12(2)18-19(15)4/h6-9,14,17H,10H2,1-5H3. The maximum absolute atomic E-state index is 5.47. The first-order valence-electron chi connectivity index (χ1n) is 6.86. The molecule has 4 nitrogen and oxygen atoms in total. The van der Waals surface area contributed by atoms with E-state index < -0.39 is 0 Å². The molecule has 0 spiro atoms. The van der Waals surface area contributed by atoms with Crippen LogP contribution in [0.2, 0.25) is 0 Å². The molecule has 1 N–H and O–H groups in total. The van der Waals surface area contributed by atoms with Crippen molar-refractivity contribution in [3.8, 4) is 5.75 Å². The van der Waals surface area contributed by atoms with Gasteiger partial charge in [0.15, 0.2) is 0 Å². The molecule has 0 fully saturated rings. The Morgan fingerprint density at radius 3 is 2.60 bits per heavy atom. The van der Waals surface area contributed by atoms with E-state index in [0.29, 0.717) is 0 Å². The highest BCUT2D eigenvalue weighted by molar-refractivity contribution is 5.38. The van der Waals surface area contributed by atoms with Gasteiger partial charge in [-0.2, -0.15) is 5.10 Å². The van der Waals surface area contributed by atoms with Crippen LogP contribution in [0.5, 0.6) is 5.75 Å². The summed E-state index contributed by atoms with van der Waals surface area (Å²) in [5, 5.41) is 7.80. The topological polar surface area (TPSA) is 39.1 Å². The van der Waals surface area contributed by atoms with Crippen molar-refractivity contribution in [2.75, 3.05) is 14.2 Å². The molecule has 2 aromatic rings. The average Bonchev–Trinajstić information content (AvgIpc) is 2.75. The molecule has 0 radical (unpaired) electrons. The van der Waals surface area contributed by atoms with Crippen LogP contribution in [0.1, 0.15) is 28.6 Å². The zero-order valence-electron chi connectivity index (χ0n) is 12.9. The molecule has 4 heteroatoms. The SMILES string of the molecule is CNC(Cc1cc(C)ccc1OC)c1cc(C)nn1C. The van der Waals surface area contributed by atoms with Gasteiger partial charge < -0.3 is 10.1 Å². The third kappa shape index (κ3) is 3.02. The molecule has 1 aromatic carbocycles. The summed E-state index contributed by atoms with van der Waals surface area (Å²) in [5.74, 6) is 0.940. The Hall–Kier alpha value is -1.81. The molecule has 1 atom stereocenters. The Morgan fingerprint density at radius 2 is 2.05 bits per heavy atom. The van der Waals surface area contributed by atoms with Gasteiger partial charge in [0, 0.05) is 7.05 Å². The molecule has 0 aliphatic heterocycles. The Balaban J connectivity index is 2.31. The van der Waals surface area contributed by atoms with Gasteiger partial charge in [0.05, 0.1) is 24.5 Å². The number of aromatic nitrogens is 2. The highest BCUT2D eigenvalue weighted by Crippen LogP contribution is 2.26. The number of ether oxygens (including phenoxy) is 1. The van der Waals surface area contributed by atoms with Crippen LogP contribution in [0.4, 0.5) is 0 Å². The van der Waals surface area contributed by atoms with Gasteiger partial charge >= 0.3 is 0 Å². The maximum Gasteiger partial charge on any atom is 0.122 e. The molecule has 20 heavy (non-hydrogen) atoms. The minimum absolute atomic E-state index is 0.219. The predicted octanol–water partition coefficient (Wildman–Crippen LogP) is 2.55. The van der Waals surface area contributed by atoms with Crippen LogP contribution in [0, 0.1) is 13.8 Å². The summed E-state index contributed by atoms with van der Waals surface area (Å²) in [6.07, 6.45) is 0.875. The number of hydrogen-bond donors (Lipinski definition) is 1. The monoisotopic (exact) mass is 273 g/mol. The average molecular weight is 273 g/mol. The smallest absolute Gasteiger partial charge is 0.122 e. The van der Waals surface area contributed by atoms with Gasteiger partial charge in [-0.3, -0.25) is 4.68 Å². The summed E-state index contributed by atoms with van der Waals surface area (Å²) in [5.41, 5.74) is 4.69. The van der Waals surface area contributed by atoms with Crippen molar-refractivity contribution in [1.82, 2.24) is 15.1 Å². The summed E-state index contributed by atoms with van der Waals surface area (Å²) >= 11 is 0. The highest BCUT2D eigenvalue weighted by atomic mass is 16.5. The van der Waals surface area contributed by atoms with E-state index in [0.717, 1.165) is 17.9 Å². The van der Waals surface area contributed by atoms with E-state index in [1.165, 1.54) is 16.8 Å². The lowest BCUT2D eigenvalue weighted by Gasteiger charge is -2.18. The Kier molecular flexibility index (Phi) is 4.45. The Labute approximate surface area is 120 Å². The van der Waals surface area contributed by atoms with Gasteiger partial charge in [0.1, 0.15) is 5.75 Å². The van der Waals surface area contributed by atoms with Crippen LogP contribution in [0.15, 0.2) is 24.3 Å². The molecule has 108 valence electrons. The summed E-state index contributed by atoms with van der Waals surface area (Å²) in [7, 11) is 5.69. The molecule has 0 saturated heterocycles.